The SMILES string of the molecule is CC(CN=C(N)NC1CCCCCC1)CN1CCCCC1. The Bertz CT molecular complexity index is 302. The number of rotatable bonds is 5. The van der Waals surface area contributed by atoms with Gasteiger partial charge in [0.2, 0.25) is 0 Å². The summed E-state index contributed by atoms with van der Waals surface area (Å²) in [7, 11) is 0. The highest BCUT2D eigenvalue weighted by atomic mass is 15.1. The number of nitrogens with zero attached hydrogens (tertiary/aromatic N) is 2. The molecule has 4 heteroatoms. The zero-order valence-electron chi connectivity index (χ0n) is 13.8. The first-order valence-corrected chi connectivity index (χ1v) is 9.03. The molecule has 1 unspecified atom stereocenters. The molecule has 4 nitrogen and oxygen atoms in total. The lowest BCUT2D eigenvalue weighted by atomic mass is 10.1. The van der Waals surface area contributed by atoms with E-state index in [4.69, 9.17) is 5.73 Å². The van der Waals surface area contributed by atoms with Crippen molar-refractivity contribution in [2.24, 2.45) is 16.6 Å². The molecule has 0 aromatic rings. The number of aliphatic imine (C=N–C) groups is 1. The molecule has 122 valence electrons. The number of hydrogen-bond donors (Lipinski definition) is 2. The van der Waals surface area contributed by atoms with Crippen LogP contribution >= 0.6 is 0 Å². The van der Waals surface area contributed by atoms with Crippen LogP contribution in [0.5, 0.6) is 0 Å². The van der Waals surface area contributed by atoms with Crippen molar-refractivity contribution in [3.63, 3.8) is 0 Å². The van der Waals surface area contributed by atoms with Gasteiger partial charge in [-0.05, 0) is 44.7 Å². The summed E-state index contributed by atoms with van der Waals surface area (Å²) in [6.45, 7) is 6.84. The van der Waals surface area contributed by atoms with E-state index in [1.165, 1.54) is 77.4 Å². The molecule has 1 saturated heterocycles. The van der Waals surface area contributed by atoms with E-state index in [-0.39, 0.29) is 0 Å². The summed E-state index contributed by atoms with van der Waals surface area (Å²) in [5, 5.41) is 3.43. The minimum atomic E-state index is 0.550. The zero-order chi connectivity index (χ0) is 14.9. The molecular formula is C17H34N4. The maximum absolute atomic E-state index is 6.06. The van der Waals surface area contributed by atoms with Crippen LogP contribution in [-0.4, -0.2) is 43.1 Å². The van der Waals surface area contributed by atoms with Gasteiger partial charge in [0.15, 0.2) is 5.96 Å². The summed E-state index contributed by atoms with van der Waals surface area (Å²) in [5.41, 5.74) is 6.06. The summed E-state index contributed by atoms with van der Waals surface area (Å²) in [6.07, 6.45) is 12.0. The molecule has 0 amide bonds. The van der Waals surface area contributed by atoms with Crippen molar-refractivity contribution in [1.29, 1.82) is 0 Å². The maximum Gasteiger partial charge on any atom is 0.188 e. The molecule has 1 atom stereocenters. The minimum Gasteiger partial charge on any atom is -0.370 e. The van der Waals surface area contributed by atoms with E-state index < -0.39 is 0 Å². The predicted molar refractivity (Wildman–Crippen MR) is 90.6 cm³/mol. The van der Waals surface area contributed by atoms with Crippen molar-refractivity contribution >= 4 is 5.96 Å². The first-order valence-electron chi connectivity index (χ1n) is 9.03. The Hall–Kier alpha value is -0.770. The molecule has 21 heavy (non-hydrogen) atoms. The molecular weight excluding hydrogens is 260 g/mol. The highest BCUT2D eigenvalue weighted by Gasteiger charge is 2.14. The second kappa shape index (κ2) is 9.29. The van der Waals surface area contributed by atoms with Crippen molar-refractivity contribution in [2.75, 3.05) is 26.2 Å². The highest BCUT2D eigenvalue weighted by molar-refractivity contribution is 5.78. The third-order valence-corrected chi connectivity index (χ3v) is 4.80. The van der Waals surface area contributed by atoms with E-state index in [1.54, 1.807) is 0 Å². The molecule has 2 fully saturated rings. The number of likely N-dealkylation sites (tertiary alicyclic amines) is 1. The first-order chi connectivity index (χ1) is 10.2. The molecule has 0 aromatic heterocycles. The quantitative estimate of drug-likeness (QED) is 0.466. The number of piperidine rings is 1. The van der Waals surface area contributed by atoms with Crippen molar-refractivity contribution in [3.05, 3.63) is 0 Å². The number of hydrogen-bond acceptors (Lipinski definition) is 2. The van der Waals surface area contributed by atoms with Gasteiger partial charge in [0.25, 0.3) is 0 Å². The van der Waals surface area contributed by atoms with Gasteiger partial charge in [0.1, 0.15) is 0 Å². The Morgan fingerprint density at radius 3 is 2.38 bits per heavy atom. The van der Waals surface area contributed by atoms with Gasteiger partial charge in [-0.2, -0.15) is 0 Å². The fraction of sp³-hybridized carbons (Fsp3) is 0.941. The van der Waals surface area contributed by atoms with Gasteiger partial charge in [0.05, 0.1) is 0 Å². The lowest BCUT2D eigenvalue weighted by Gasteiger charge is -2.28. The Kier molecular flexibility index (Phi) is 7.34. The molecule has 0 aromatic carbocycles. The molecule has 1 aliphatic heterocycles. The van der Waals surface area contributed by atoms with E-state index in [1.807, 2.05) is 0 Å². The lowest BCUT2D eigenvalue weighted by Crippen LogP contribution is -2.40. The Morgan fingerprint density at radius 1 is 1.10 bits per heavy atom. The third-order valence-electron chi connectivity index (χ3n) is 4.80. The molecule has 0 bridgehead atoms. The average Bonchev–Trinajstić information content (AvgIpc) is 2.75. The van der Waals surface area contributed by atoms with Crippen LogP contribution in [0.15, 0.2) is 4.99 Å². The minimum absolute atomic E-state index is 0.550. The van der Waals surface area contributed by atoms with Gasteiger partial charge in [0, 0.05) is 19.1 Å². The van der Waals surface area contributed by atoms with Crippen LogP contribution in [0.1, 0.15) is 64.7 Å². The van der Waals surface area contributed by atoms with Crippen molar-refractivity contribution < 1.29 is 0 Å². The normalized spacial score (nSPS) is 24.5. The van der Waals surface area contributed by atoms with Crippen LogP contribution in [-0.2, 0) is 0 Å². The summed E-state index contributed by atoms with van der Waals surface area (Å²) in [5.74, 6) is 1.25. The smallest absolute Gasteiger partial charge is 0.188 e. The lowest BCUT2D eigenvalue weighted by molar-refractivity contribution is 0.203. The maximum atomic E-state index is 6.06. The molecule has 2 aliphatic rings. The molecule has 0 spiro atoms. The van der Waals surface area contributed by atoms with Crippen molar-refractivity contribution in [3.8, 4) is 0 Å². The number of nitrogens with two attached hydrogens (primary N) is 1. The van der Waals surface area contributed by atoms with Crippen LogP contribution in [0.4, 0.5) is 0 Å². The fourth-order valence-electron chi connectivity index (χ4n) is 3.57. The molecule has 1 saturated carbocycles. The number of nitrogens with one attached hydrogen (secondary N) is 1. The van der Waals surface area contributed by atoms with Crippen LogP contribution in [0.25, 0.3) is 0 Å². The van der Waals surface area contributed by atoms with Crippen molar-refractivity contribution in [2.45, 2.75) is 70.8 Å². The topological polar surface area (TPSA) is 53.6 Å². The third kappa shape index (κ3) is 6.68. The predicted octanol–water partition coefficient (Wildman–Crippen LogP) is 2.74. The first kappa shape index (κ1) is 16.6. The summed E-state index contributed by atoms with van der Waals surface area (Å²) >= 11 is 0. The molecule has 2 rings (SSSR count). The monoisotopic (exact) mass is 294 g/mol. The summed E-state index contributed by atoms with van der Waals surface area (Å²) < 4.78 is 0. The molecule has 0 radical (unpaired) electrons. The molecule has 1 aliphatic carbocycles. The second-order valence-electron chi connectivity index (χ2n) is 7.03. The van der Waals surface area contributed by atoms with Gasteiger partial charge in [-0.3, -0.25) is 4.99 Å². The van der Waals surface area contributed by atoms with Crippen LogP contribution in [0.3, 0.4) is 0 Å². The molecule has 1 heterocycles. The standard InChI is InChI=1S/C17H34N4/c1-15(14-21-11-7-4-8-12-21)13-19-17(18)20-16-9-5-2-3-6-10-16/h15-16H,2-14H2,1H3,(H3,18,19,20). The molecule has 3 N–H and O–H groups in total. The van der Waals surface area contributed by atoms with E-state index in [2.05, 4.69) is 22.1 Å². The van der Waals surface area contributed by atoms with Gasteiger partial charge in [-0.15, -0.1) is 0 Å². The Balaban J connectivity index is 1.66. The van der Waals surface area contributed by atoms with E-state index in [0.29, 0.717) is 17.9 Å². The van der Waals surface area contributed by atoms with Crippen LogP contribution in [0, 0.1) is 5.92 Å². The van der Waals surface area contributed by atoms with Crippen LogP contribution in [0.2, 0.25) is 0 Å². The Morgan fingerprint density at radius 2 is 1.71 bits per heavy atom. The zero-order valence-corrected chi connectivity index (χ0v) is 13.8. The van der Waals surface area contributed by atoms with Crippen molar-refractivity contribution in [1.82, 2.24) is 10.2 Å². The van der Waals surface area contributed by atoms with E-state index >= 15 is 0 Å². The highest BCUT2D eigenvalue weighted by Crippen LogP contribution is 2.17. The van der Waals surface area contributed by atoms with Gasteiger partial charge in [-0.1, -0.05) is 39.0 Å². The summed E-state index contributed by atoms with van der Waals surface area (Å²) in [4.78, 5) is 7.15. The Labute approximate surface area is 130 Å². The van der Waals surface area contributed by atoms with Gasteiger partial charge >= 0.3 is 0 Å². The average molecular weight is 294 g/mol. The number of guanidine groups is 1. The van der Waals surface area contributed by atoms with Gasteiger partial charge in [-0.25, -0.2) is 0 Å². The second-order valence-corrected chi connectivity index (χ2v) is 7.03. The summed E-state index contributed by atoms with van der Waals surface area (Å²) in [6, 6.07) is 0.550. The van der Waals surface area contributed by atoms with Gasteiger partial charge < -0.3 is 16.0 Å². The largest absolute Gasteiger partial charge is 0.370 e. The van der Waals surface area contributed by atoms with Crippen LogP contribution < -0.4 is 11.1 Å². The van der Waals surface area contributed by atoms with E-state index in [0.717, 1.165) is 6.54 Å². The van der Waals surface area contributed by atoms with E-state index in [9.17, 15) is 0 Å². The fourth-order valence-corrected chi connectivity index (χ4v) is 3.57.